The Morgan fingerprint density at radius 3 is 2.58 bits per heavy atom. The Morgan fingerprint density at radius 2 is 2.00 bits per heavy atom. The highest BCUT2D eigenvalue weighted by molar-refractivity contribution is 6.35. The average molecular weight is 281 g/mol. The smallest absolute Gasteiger partial charge is 0.163 e. The van der Waals surface area contributed by atoms with Crippen LogP contribution in [0.15, 0.2) is 12.4 Å². The first-order chi connectivity index (χ1) is 8.71. The minimum atomic E-state index is 0.171. The normalized spacial score (nSPS) is 13.8. The van der Waals surface area contributed by atoms with Crippen LogP contribution >= 0.6 is 11.6 Å². The molecule has 0 N–H and O–H groups in total. The molecular weight excluding hydrogens is 260 g/mol. The van der Waals surface area contributed by atoms with Crippen LogP contribution in [0.2, 0.25) is 5.02 Å². The zero-order valence-electron chi connectivity index (χ0n) is 12.4. The number of hydrogen-bond acceptors (Lipinski definition) is 3. The van der Waals surface area contributed by atoms with E-state index in [2.05, 4.69) is 49.6 Å². The predicted octanol–water partition coefficient (Wildman–Crippen LogP) is 3.49. The maximum atomic E-state index is 6.30. The molecule has 0 aliphatic carbocycles. The number of rotatable bonds is 2. The van der Waals surface area contributed by atoms with E-state index in [1.807, 2.05) is 17.7 Å². The maximum absolute atomic E-state index is 6.30. The maximum Gasteiger partial charge on any atom is 0.163 e. The lowest BCUT2D eigenvalue weighted by molar-refractivity contribution is 0.328. The van der Waals surface area contributed by atoms with Gasteiger partial charge in [0.25, 0.3) is 0 Å². The van der Waals surface area contributed by atoms with Crippen molar-refractivity contribution in [2.24, 2.45) is 12.5 Å². The van der Waals surface area contributed by atoms with Gasteiger partial charge in [-0.05, 0) is 12.3 Å². The number of aryl methyl sites for hydroxylation is 1. The number of halogens is 1. The SMILES string of the molecule is C[C@H](N(C)c1cc(Cl)c2ncn(C)c2n1)C(C)(C)C. The van der Waals surface area contributed by atoms with E-state index in [0.29, 0.717) is 11.1 Å². The number of hydrogen-bond donors (Lipinski definition) is 0. The van der Waals surface area contributed by atoms with Crippen LogP contribution in [0.3, 0.4) is 0 Å². The third-order valence-electron chi connectivity index (χ3n) is 3.80. The summed E-state index contributed by atoms with van der Waals surface area (Å²) < 4.78 is 1.89. The first-order valence-corrected chi connectivity index (χ1v) is 6.80. The molecular formula is C14H21ClN4. The van der Waals surface area contributed by atoms with Gasteiger partial charge in [-0.1, -0.05) is 32.4 Å². The summed E-state index contributed by atoms with van der Waals surface area (Å²) >= 11 is 6.30. The van der Waals surface area contributed by atoms with Crippen LogP contribution in [0.25, 0.3) is 11.2 Å². The summed E-state index contributed by atoms with van der Waals surface area (Å²) in [4.78, 5) is 11.1. The molecule has 2 rings (SSSR count). The highest BCUT2D eigenvalue weighted by Crippen LogP contribution is 2.30. The average Bonchev–Trinajstić information content (AvgIpc) is 2.69. The Balaban J connectivity index is 2.48. The van der Waals surface area contributed by atoms with Gasteiger partial charge in [0.05, 0.1) is 11.3 Å². The van der Waals surface area contributed by atoms with Crippen LogP contribution in [-0.2, 0) is 7.05 Å². The molecule has 0 aliphatic heterocycles. The van der Waals surface area contributed by atoms with Crippen LogP contribution < -0.4 is 4.90 Å². The highest BCUT2D eigenvalue weighted by atomic mass is 35.5. The summed E-state index contributed by atoms with van der Waals surface area (Å²) in [6.07, 6.45) is 1.74. The molecule has 5 heteroatoms. The van der Waals surface area contributed by atoms with E-state index >= 15 is 0 Å². The topological polar surface area (TPSA) is 34.0 Å². The van der Waals surface area contributed by atoms with Crippen LogP contribution in [0.5, 0.6) is 0 Å². The largest absolute Gasteiger partial charge is 0.356 e. The number of imidazole rings is 1. The molecule has 19 heavy (non-hydrogen) atoms. The molecule has 0 radical (unpaired) electrons. The van der Waals surface area contributed by atoms with Crippen molar-refractivity contribution < 1.29 is 0 Å². The number of nitrogens with zero attached hydrogens (tertiary/aromatic N) is 4. The van der Waals surface area contributed by atoms with Gasteiger partial charge in [-0.3, -0.25) is 0 Å². The molecule has 2 aromatic rings. The second-order valence-corrected chi connectivity index (χ2v) is 6.55. The molecule has 104 valence electrons. The summed E-state index contributed by atoms with van der Waals surface area (Å²) in [6.45, 7) is 8.86. The zero-order valence-corrected chi connectivity index (χ0v) is 13.2. The Morgan fingerprint density at radius 1 is 1.37 bits per heavy atom. The van der Waals surface area contributed by atoms with Gasteiger partial charge in [-0.2, -0.15) is 0 Å². The van der Waals surface area contributed by atoms with Gasteiger partial charge in [0, 0.05) is 26.2 Å². The fraction of sp³-hybridized carbons (Fsp3) is 0.571. The summed E-state index contributed by atoms with van der Waals surface area (Å²) in [5, 5.41) is 0.647. The molecule has 1 atom stereocenters. The van der Waals surface area contributed by atoms with Gasteiger partial charge in [-0.15, -0.1) is 0 Å². The van der Waals surface area contributed by atoms with Crippen molar-refractivity contribution in [1.82, 2.24) is 14.5 Å². The van der Waals surface area contributed by atoms with Crippen molar-refractivity contribution in [3.05, 3.63) is 17.4 Å². The fourth-order valence-corrected chi connectivity index (χ4v) is 2.24. The molecule has 0 aromatic carbocycles. The van der Waals surface area contributed by atoms with Gasteiger partial charge in [-0.25, -0.2) is 9.97 Å². The van der Waals surface area contributed by atoms with Crippen molar-refractivity contribution in [3.63, 3.8) is 0 Å². The van der Waals surface area contributed by atoms with Crippen molar-refractivity contribution in [2.75, 3.05) is 11.9 Å². The molecule has 4 nitrogen and oxygen atoms in total. The van der Waals surface area contributed by atoms with Crippen molar-refractivity contribution in [1.29, 1.82) is 0 Å². The van der Waals surface area contributed by atoms with E-state index < -0.39 is 0 Å². The molecule has 0 saturated carbocycles. The van der Waals surface area contributed by atoms with Gasteiger partial charge >= 0.3 is 0 Å². The molecule has 2 aromatic heterocycles. The first-order valence-electron chi connectivity index (χ1n) is 6.42. The number of anilines is 1. The molecule has 0 spiro atoms. The number of pyridine rings is 1. The quantitative estimate of drug-likeness (QED) is 0.844. The molecule has 0 unspecified atom stereocenters. The highest BCUT2D eigenvalue weighted by Gasteiger charge is 2.25. The lowest BCUT2D eigenvalue weighted by Gasteiger charge is -2.36. The van der Waals surface area contributed by atoms with Gasteiger partial charge in [0.15, 0.2) is 5.65 Å². The summed E-state index contributed by atoms with van der Waals surface area (Å²) in [5.41, 5.74) is 1.74. The lowest BCUT2D eigenvalue weighted by atomic mass is 9.87. The van der Waals surface area contributed by atoms with Crippen molar-refractivity contribution in [3.8, 4) is 0 Å². The van der Waals surface area contributed by atoms with E-state index in [1.165, 1.54) is 0 Å². The summed E-state index contributed by atoms with van der Waals surface area (Å²) in [7, 11) is 3.98. The van der Waals surface area contributed by atoms with E-state index in [4.69, 9.17) is 11.6 Å². The molecule has 0 bridgehead atoms. The predicted molar refractivity (Wildman–Crippen MR) is 80.8 cm³/mol. The minimum Gasteiger partial charge on any atom is -0.356 e. The monoisotopic (exact) mass is 280 g/mol. The van der Waals surface area contributed by atoms with E-state index in [-0.39, 0.29) is 5.41 Å². The molecule has 0 saturated heterocycles. The molecule has 2 heterocycles. The van der Waals surface area contributed by atoms with Crippen LogP contribution in [0, 0.1) is 5.41 Å². The lowest BCUT2D eigenvalue weighted by Crippen LogP contribution is -2.39. The molecule has 0 fully saturated rings. The summed E-state index contributed by atoms with van der Waals surface area (Å²) in [5.74, 6) is 0.878. The minimum absolute atomic E-state index is 0.171. The zero-order chi connectivity index (χ0) is 14.4. The number of fused-ring (bicyclic) bond motifs is 1. The Kier molecular flexibility index (Phi) is 3.47. The van der Waals surface area contributed by atoms with Crippen LogP contribution in [-0.4, -0.2) is 27.6 Å². The number of aromatic nitrogens is 3. The summed E-state index contributed by atoms with van der Waals surface area (Å²) in [6, 6.07) is 2.24. The van der Waals surface area contributed by atoms with Gasteiger partial charge < -0.3 is 9.47 Å². The molecule has 0 amide bonds. The van der Waals surface area contributed by atoms with Gasteiger partial charge in [0.2, 0.25) is 0 Å². The van der Waals surface area contributed by atoms with Crippen LogP contribution in [0.1, 0.15) is 27.7 Å². The van der Waals surface area contributed by atoms with E-state index in [0.717, 1.165) is 17.0 Å². The van der Waals surface area contributed by atoms with E-state index in [9.17, 15) is 0 Å². The second-order valence-electron chi connectivity index (χ2n) is 6.14. The fourth-order valence-electron chi connectivity index (χ4n) is 2.01. The molecule has 0 aliphatic rings. The van der Waals surface area contributed by atoms with Gasteiger partial charge in [0.1, 0.15) is 11.3 Å². The van der Waals surface area contributed by atoms with Crippen molar-refractivity contribution in [2.45, 2.75) is 33.7 Å². The Labute approximate surface area is 119 Å². The standard InChI is InChI=1S/C14H21ClN4/c1-9(14(2,3)4)19(6)11-7-10(15)12-13(17-11)18(5)8-16-12/h7-9H,1-6H3/t9-/m0/s1. The third kappa shape index (κ3) is 2.54. The van der Waals surface area contributed by atoms with Crippen molar-refractivity contribution >= 4 is 28.6 Å². The van der Waals surface area contributed by atoms with Crippen LogP contribution in [0.4, 0.5) is 5.82 Å². The Bertz CT molecular complexity index is 597. The Hall–Kier alpha value is -1.29. The first kappa shape index (κ1) is 14.1. The third-order valence-corrected chi connectivity index (χ3v) is 4.09. The second kappa shape index (κ2) is 4.67. The van der Waals surface area contributed by atoms with E-state index in [1.54, 1.807) is 6.33 Å².